The third-order valence-electron chi connectivity index (χ3n) is 4.82. The summed E-state index contributed by atoms with van der Waals surface area (Å²) in [5, 5.41) is 3.89. The van der Waals surface area contributed by atoms with Crippen LogP contribution in [0.4, 0.5) is 5.69 Å². The fourth-order valence-electron chi connectivity index (χ4n) is 3.41. The molecule has 26 heavy (non-hydrogen) atoms. The Morgan fingerprint density at radius 1 is 1.08 bits per heavy atom. The van der Waals surface area contributed by atoms with Gasteiger partial charge in [-0.05, 0) is 36.6 Å². The zero-order valence-electron chi connectivity index (χ0n) is 15.5. The zero-order valence-corrected chi connectivity index (χ0v) is 16.2. The van der Waals surface area contributed by atoms with Gasteiger partial charge in [0, 0.05) is 32.7 Å². The van der Waals surface area contributed by atoms with Crippen LogP contribution in [-0.2, 0) is 11.3 Å². The van der Waals surface area contributed by atoms with Crippen LogP contribution in [-0.4, -0.2) is 48.4 Å². The third kappa shape index (κ3) is 4.77. The first-order valence-electron chi connectivity index (χ1n) is 9.07. The van der Waals surface area contributed by atoms with Crippen molar-refractivity contribution in [3.63, 3.8) is 0 Å². The van der Waals surface area contributed by atoms with E-state index in [1.165, 1.54) is 5.56 Å². The van der Waals surface area contributed by atoms with Gasteiger partial charge in [-0.15, -0.1) is 0 Å². The van der Waals surface area contributed by atoms with E-state index in [0.717, 1.165) is 49.5 Å². The largest absolute Gasteiger partial charge is 0.375 e. The Morgan fingerprint density at radius 2 is 1.77 bits per heavy atom. The highest BCUT2D eigenvalue weighted by atomic mass is 35.5. The molecule has 0 unspecified atom stereocenters. The number of hydrogen-bond donors (Lipinski definition) is 1. The van der Waals surface area contributed by atoms with Crippen molar-refractivity contribution in [3.8, 4) is 0 Å². The third-order valence-corrected chi connectivity index (χ3v) is 5.12. The minimum atomic E-state index is 0.125. The van der Waals surface area contributed by atoms with Gasteiger partial charge < -0.3 is 10.2 Å². The predicted octanol–water partition coefficient (Wildman–Crippen LogP) is 3.71. The normalized spacial score (nSPS) is 15.1. The number of rotatable bonds is 5. The first-order valence-corrected chi connectivity index (χ1v) is 9.45. The Labute approximate surface area is 160 Å². The van der Waals surface area contributed by atoms with Crippen molar-refractivity contribution >= 4 is 23.2 Å². The molecular weight excluding hydrogens is 346 g/mol. The van der Waals surface area contributed by atoms with Gasteiger partial charge in [0.25, 0.3) is 0 Å². The maximum absolute atomic E-state index is 12.5. The molecule has 1 aliphatic rings. The van der Waals surface area contributed by atoms with Crippen molar-refractivity contribution in [2.24, 2.45) is 0 Å². The van der Waals surface area contributed by atoms with Crippen LogP contribution in [0.3, 0.4) is 0 Å². The minimum Gasteiger partial charge on any atom is -0.375 e. The molecule has 1 aliphatic heterocycles. The van der Waals surface area contributed by atoms with E-state index in [0.29, 0.717) is 5.02 Å². The molecule has 0 aromatic heterocycles. The van der Waals surface area contributed by atoms with Gasteiger partial charge in [0.1, 0.15) is 0 Å². The highest BCUT2D eigenvalue weighted by Crippen LogP contribution is 2.27. The summed E-state index contributed by atoms with van der Waals surface area (Å²) in [4.78, 5) is 16.9. The Kier molecular flexibility index (Phi) is 6.17. The molecule has 0 bridgehead atoms. The van der Waals surface area contributed by atoms with Gasteiger partial charge in [-0.2, -0.15) is 0 Å². The topological polar surface area (TPSA) is 35.6 Å². The Bertz CT molecular complexity index is 732. The van der Waals surface area contributed by atoms with Crippen molar-refractivity contribution in [1.82, 2.24) is 9.80 Å². The minimum absolute atomic E-state index is 0.125. The van der Waals surface area contributed by atoms with Crippen LogP contribution in [0, 0.1) is 13.8 Å². The number of nitrogens with zero attached hydrogens (tertiary/aromatic N) is 2. The number of carbonyl (C=O) groups is 1. The molecule has 0 radical (unpaired) electrons. The molecule has 0 spiro atoms. The Morgan fingerprint density at radius 3 is 2.42 bits per heavy atom. The van der Waals surface area contributed by atoms with E-state index < -0.39 is 0 Å². The summed E-state index contributed by atoms with van der Waals surface area (Å²) in [6.07, 6.45) is 0. The van der Waals surface area contributed by atoms with Gasteiger partial charge in [-0.3, -0.25) is 9.69 Å². The molecule has 1 heterocycles. The second-order valence-corrected chi connectivity index (χ2v) is 7.34. The summed E-state index contributed by atoms with van der Waals surface area (Å²) in [5.41, 5.74) is 4.36. The number of halogens is 1. The molecule has 0 aliphatic carbocycles. The highest BCUT2D eigenvalue weighted by molar-refractivity contribution is 6.33. The Balaban J connectivity index is 1.48. The van der Waals surface area contributed by atoms with E-state index in [2.05, 4.69) is 40.5 Å². The molecule has 0 atom stereocenters. The molecule has 3 rings (SSSR count). The second kappa shape index (κ2) is 8.56. The van der Waals surface area contributed by atoms with Crippen molar-refractivity contribution < 1.29 is 4.79 Å². The molecule has 2 aromatic carbocycles. The lowest BCUT2D eigenvalue weighted by Gasteiger charge is -2.35. The number of piperazine rings is 1. The Hall–Kier alpha value is -2.04. The summed E-state index contributed by atoms with van der Waals surface area (Å²) in [7, 11) is 0. The van der Waals surface area contributed by atoms with Crippen LogP contribution in [0.1, 0.15) is 16.7 Å². The fourth-order valence-corrected chi connectivity index (χ4v) is 3.80. The van der Waals surface area contributed by atoms with Gasteiger partial charge in [0.05, 0.1) is 17.3 Å². The van der Waals surface area contributed by atoms with Crippen LogP contribution in [0.5, 0.6) is 0 Å². The van der Waals surface area contributed by atoms with E-state index in [-0.39, 0.29) is 12.5 Å². The molecular formula is C21H26ClN3O. The molecule has 138 valence electrons. The number of anilines is 1. The maximum Gasteiger partial charge on any atom is 0.241 e. The quantitative estimate of drug-likeness (QED) is 0.870. The molecule has 0 saturated carbocycles. The van der Waals surface area contributed by atoms with E-state index in [9.17, 15) is 4.79 Å². The molecule has 1 amide bonds. The molecule has 5 heteroatoms. The first-order chi connectivity index (χ1) is 12.5. The van der Waals surface area contributed by atoms with Crippen molar-refractivity contribution in [1.29, 1.82) is 0 Å². The van der Waals surface area contributed by atoms with Crippen molar-refractivity contribution in [2.45, 2.75) is 20.4 Å². The maximum atomic E-state index is 12.5. The number of nitrogens with one attached hydrogen (secondary N) is 1. The number of carbonyl (C=O) groups excluding carboxylic acids is 1. The van der Waals surface area contributed by atoms with E-state index >= 15 is 0 Å². The SMILES string of the molecule is Cc1cc(C)c(NCC(=O)N2CCN(Cc3ccccc3)CC2)c(Cl)c1. The first kappa shape index (κ1) is 18.7. The molecule has 2 aromatic rings. The number of aryl methyl sites for hydroxylation is 2. The molecule has 1 fully saturated rings. The molecule has 1 saturated heterocycles. The second-order valence-electron chi connectivity index (χ2n) is 6.93. The van der Waals surface area contributed by atoms with E-state index in [1.54, 1.807) is 0 Å². The summed E-state index contributed by atoms with van der Waals surface area (Å²) in [5.74, 6) is 0.125. The van der Waals surface area contributed by atoms with Crippen LogP contribution in [0.15, 0.2) is 42.5 Å². The van der Waals surface area contributed by atoms with E-state index in [1.807, 2.05) is 30.9 Å². The van der Waals surface area contributed by atoms with Crippen LogP contribution in [0.25, 0.3) is 0 Å². The van der Waals surface area contributed by atoms with E-state index in [4.69, 9.17) is 11.6 Å². The lowest BCUT2D eigenvalue weighted by molar-refractivity contribution is -0.131. The average Bonchev–Trinajstić information content (AvgIpc) is 2.62. The van der Waals surface area contributed by atoms with Gasteiger partial charge in [0.2, 0.25) is 5.91 Å². The summed E-state index contributed by atoms with van der Waals surface area (Å²) >= 11 is 6.31. The fraction of sp³-hybridized carbons (Fsp3) is 0.381. The predicted molar refractivity (Wildman–Crippen MR) is 108 cm³/mol. The number of hydrogen-bond acceptors (Lipinski definition) is 3. The standard InChI is InChI=1S/C21H26ClN3O/c1-16-12-17(2)21(19(22)13-16)23-14-20(26)25-10-8-24(9-11-25)15-18-6-4-3-5-7-18/h3-7,12-13,23H,8-11,14-15H2,1-2H3. The lowest BCUT2D eigenvalue weighted by atomic mass is 10.1. The highest BCUT2D eigenvalue weighted by Gasteiger charge is 2.21. The van der Waals surface area contributed by atoms with Gasteiger partial charge >= 0.3 is 0 Å². The molecule has 4 nitrogen and oxygen atoms in total. The van der Waals surface area contributed by atoms with Gasteiger partial charge in [-0.25, -0.2) is 0 Å². The lowest BCUT2D eigenvalue weighted by Crippen LogP contribution is -2.49. The number of amides is 1. The van der Waals surface area contributed by atoms with Crippen molar-refractivity contribution in [3.05, 3.63) is 64.2 Å². The van der Waals surface area contributed by atoms with Crippen molar-refractivity contribution in [2.75, 3.05) is 38.0 Å². The van der Waals surface area contributed by atoms with Crippen LogP contribution in [0.2, 0.25) is 5.02 Å². The van der Waals surface area contributed by atoms with Crippen LogP contribution >= 0.6 is 11.6 Å². The smallest absolute Gasteiger partial charge is 0.241 e. The monoisotopic (exact) mass is 371 g/mol. The number of benzene rings is 2. The van der Waals surface area contributed by atoms with Gasteiger partial charge in [-0.1, -0.05) is 48.0 Å². The average molecular weight is 372 g/mol. The van der Waals surface area contributed by atoms with Gasteiger partial charge in [0.15, 0.2) is 0 Å². The summed E-state index contributed by atoms with van der Waals surface area (Å²) < 4.78 is 0. The summed E-state index contributed by atoms with van der Waals surface area (Å²) in [6, 6.07) is 14.5. The van der Waals surface area contributed by atoms with Crippen LogP contribution < -0.4 is 5.32 Å². The molecule has 1 N–H and O–H groups in total. The zero-order chi connectivity index (χ0) is 18.5. The summed E-state index contributed by atoms with van der Waals surface area (Å²) in [6.45, 7) is 8.61.